The first-order chi connectivity index (χ1) is 8.00. The molecule has 0 aliphatic rings. The van der Waals surface area contributed by atoms with Crippen LogP contribution in [0.2, 0.25) is 0 Å². The minimum Gasteiger partial charge on any atom is -0.276 e. The predicted octanol–water partition coefficient (Wildman–Crippen LogP) is 2.85. The van der Waals surface area contributed by atoms with Crippen LogP contribution in [-0.4, -0.2) is 13.4 Å². The second kappa shape index (κ2) is 4.71. The summed E-state index contributed by atoms with van der Waals surface area (Å²) in [5.74, 6) is -0.719. The number of pyridine rings is 1. The molecule has 0 bridgehead atoms. The van der Waals surface area contributed by atoms with Crippen molar-refractivity contribution < 1.29 is 12.8 Å². The quantitative estimate of drug-likeness (QED) is 0.937. The third-order valence-corrected chi connectivity index (χ3v) is 5.88. The summed E-state index contributed by atoms with van der Waals surface area (Å²) >= 11 is 4.17. The molecule has 2 rings (SSSR count). The van der Waals surface area contributed by atoms with Crippen LogP contribution in [0.1, 0.15) is 0 Å². The van der Waals surface area contributed by atoms with Gasteiger partial charge in [-0.2, -0.15) is 0 Å². The zero-order chi connectivity index (χ0) is 12.5. The number of hydrogen-bond acceptors (Lipinski definition) is 4. The normalized spacial score (nSPS) is 11.4. The van der Waals surface area contributed by atoms with Gasteiger partial charge in [-0.25, -0.2) is 12.8 Å². The van der Waals surface area contributed by atoms with Crippen LogP contribution in [-0.2, 0) is 10.0 Å². The molecule has 0 radical (unpaired) electrons. The maximum absolute atomic E-state index is 13.3. The van der Waals surface area contributed by atoms with Crippen LogP contribution in [0.3, 0.4) is 0 Å². The molecule has 0 aromatic carbocycles. The van der Waals surface area contributed by atoms with Crippen molar-refractivity contribution >= 4 is 43.0 Å². The van der Waals surface area contributed by atoms with Gasteiger partial charge >= 0.3 is 0 Å². The minimum atomic E-state index is -3.77. The highest BCUT2D eigenvalue weighted by Crippen LogP contribution is 2.29. The van der Waals surface area contributed by atoms with E-state index in [1.54, 1.807) is 11.4 Å². The highest BCUT2D eigenvalue weighted by Gasteiger charge is 2.20. The van der Waals surface area contributed by atoms with Gasteiger partial charge in [-0.05, 0) is 33.4 Å². The number of anilines is 1. The summed E-state index contributed by atoms with van der Waals surface area (Å²) in [6.07, 6.45) is 2.26. The zero-order valence-corrected chi connectivity index (χ0v) is 11.4. The van der Waals surface area contributed by atoms with Crippen molar-refractivity contribution in [2.75, 3.05) is 4.72 Å². The molecule has 0 spiro atoms. The summed E-state index contributed by atoms with van der Waals surface area (Å²) in [6.45, 7) is 0. The number of sulfonamides is 1. The number of thiophene rings is 1. The molecular formula is C9H6BrFN2O2S2. The smallest absolute Gasteiger partial charge is 0.272 e. The Balaban J connectivity index is 2.37. The fourth-order valence-corrected chi connectivity index (χ4v) is 4.53. The van der Waals surface area contributed by atoms with E-state index in [1.165, 1.54) is 12.3 Å². The molecule has 2 aromatic rings. The van der Waals surface area contributed by atoms with Gasteiger partial charge in [0.05, 0.1) is 11.9 Å². The molecule has 0 amide bonds. The Morgan fingerprint density at radius 3 is 2.76 bits per heavy atom. The molecule has 2 heterocycles. The SMILES string of the molecule is O=S(=O)(Nc1ccncc1F)c1sccc1Br. The van der Waals surface area contributed by atoms with E-state index in [9.17, 15) is 12.8 Å². The molecule has 8 heteroatoms. The molecule has 4 nitrogen and oxygen atoms in total. The predicted molar refractivity (Wildman–Crippen MR) is 67.0 cm³/mol. The van der Waals surface area contributed by atoms with Crippen LogP contribution in [0.5, 0.6) is 0 Å². The standard InChI is InChI=1S/C9H6BrFN2O2S2/c10-6-2-4-16-9(6)17(14,15)13-8-1-3-12-5-7(8)11/h1-5H,(H,12,13). The molecule has 0 aliphatic carbocycles. The Hall–Kier alpha value is -0.990. The van der Waals surface area contributed by atoms with Gasteiger partial charge in [-0.1, -0.05) is 0 Å². The molecule has 90 valence electrons. The highest BCUT2D eigenvalue weighted by atomic mass is 79.9. The third-order valence-electron chi connectivity index (χ3n) is 1.85. The van der Waals surface area contributed by atoms with Gasteiger partial charge in [0.15, 0.2) is 10.0 Å². The second-order valence-electron chi connectivity index (χ2n) is 3.02. The summed E-state index contributed by atoms with van der Waals surface area (Å²) in [5, 5.41) is 1.63. The van der Waals surface area contributed by atoms with Gasteiger partial charge in [0.25, 0.3) is 10.0 Å². The van der Waals surface area contributed by atoms with Crippen LogP contribution in [0, 0.1) is 5.82 Å². The lowest BCUT2D eigenvalue weighted by Crippen LogP contribution is -2.13. The molecule has 1 N–H and O–H groups in total. The molecule has 0 aliphatic heterocycles. The average molecular weight is 337 g/mol. The summed E-state index contributed by atoms with van der Waals surface area (Å²) in [6, 6.07) is 2.87. The van der Waals surface area contributed by atoms with E-state index in [2.05, 4.69) is 25.6 Å². The van der Waals surface area contributed by atoms with Gasteiger partial charge in [-0.15, -0.1) is 11.3 Å². The van der Waals surface area contributed by atoms with Crippen molar-refractivity contribution in [3.8, 4) is 0 Å². The van der Waals surface area contributed by atoms with E-state index < -0.39 is 15.8 Å². The van der Waals surface area contributed by atoms with Crippen LogP contribution in [0.15, 0.2) is 38.6 Å². The average Bonchev–Trinajstić information content (AvgIpc) is 2.68. The van der Waals surface area contributed by atoms with Crippen molar-refractivity contribution in [3.63, 3.8) is 0 Å². The number of halogens is 2. The fraction of sp³-hybridized carbons (Fsp3) is 0. The summed E-state index contributed by atoms with van der Waals surface area (Å²) in [7, 11) is -3.77. The first kappa shape index (κ1) is 12.5. The molecule has 0 saturated heterocycles. The topological polar surface area (TPSA) is 59.1 Å². The summed E-state index contributed by atoms with van der Waals surface area (Å²) in [4.78, 5) is 3.54. The number of hydrogen-bond donors (Lipinski definition) is 1. The van der Waals surface area contributed by atoms with E-state index >= 15 is 0 Å². The van der Waals surface area contributed by atoms with Crippen molar-refractivity contribution in [3.05, 3.63) is 40.2 Å². The maximum atomic E-state index is 13.3. The van der Waals surface area contributed by atoms with Crippen molar-refractivity contribution in [2.45, 2.75) is 4.21 Å². The van der Waals surface area contributed by atoms with Crippen LogP contribution in [0.4, 0.5) is 10.1 Å². The van der Waals surface area contributed by atoms with Crippen LogP contribution < -0.4 is 4.72 Å². The largest absolute Gasteiger partial charge is 0.276 e. The zero-order valence-electron chi connectivity index (χ0n) is 8.22. The van der Waals surface area contributed by atoms with E-state index in [0.29, 0.717) is 4.47 Å². The lowest BCUT2D eigenvalue weighted by Gasteiger charge is -2.07. The minimum absolute atomic E-state index is 0.105. The van der Waals surface area contributed by atoms with E-state index in [1.807, 2.05) is 0 Å². The van der Waals surface area contributed by atoms with Gasteiger partial charge < -0.3 is 0 Å². The van der Waals surface area contributed by atoms with Crippen molar-refractivity contribution in [2.24, 2.45) is 0 Å². The Morgan fingerprint density at radius 1 is 1.41 bits per heavy atom. The summed E-state index contributed by atoms with van der Waals surface area (Å²) < 4.78 is 39.8. The first-order valence-corrected chi connectivity index (χ1v) is 7.51. The first-order valence-electron chi connectivity index (χ1n) is 4.36. The van der Waals surface area contributed by atoms with Gasteiger partial charge in [-0.3, -0.25) is 9.71 Å². The molecule has 0 atom stereocenters. The van der Waals surface area contributed by atoms with Gasteiger partial charge in [0.1, 0.15) is 0 Å². The Bertz CT molecular complexity index is 642. The van der Waals surface area contributed by atoms with Crippen LogP contribution in [0.25, 0.3) is 0 Å². The van der Waals surface area contributed by atoms with E-state index in [0.717, 1.165) is 17.5 Å². The number of nitrogens with zero attached hydrogens (tertiary/aromatic N) is 1. The second-order valence-corrected chi connectivity index (χ2v) is 6.67. The van der Waals surface area contributed by atoms with Crippen molar-refractivity contribution in [1.29, 1.82) is 0 Å². The maximum Gasteiger partial charge on any atom is 0.272 e. The van der Waals surface area contributed by atoms with E-state index in [4.69, 9.17) is 0 Å². The molecule has 17 heavy (non-hydrogen) atoms. The lowest BCUT2D eigenvalue weighted by atomic mass is 10.4. The fourth-order valence-electron chi connectivity index (χ4n) is 1.12. The molecule has 2 aromatic heterocycles. The van der Waals surface area contributed by atoms with Crippen LogP contribution >= 0.6 is 27.3 Å². The van der Waals surface area contributed by atoms with E-state index in [-0.39, 0.29) is 9.90 Å². The molecule has 0 saturated carbocycles. The molecular weight excluding hydrogens is 331 g/mol. The number of nitrogens with one attached hydrogen (secondary N) is 1. The number of aromatic nitrogens is 1. The highest BCUT2D eigenvalue weighted by molar-refractivity contribution is 9.10. The lowest BCUT2D eigenvalue weighted by molar-refractivity contribution is 0.599. The Morgan fingerprint density at radius 2 is 2.18 bits per heavy atom. The number of rotatable bonds is 3. The molecule has 0 unspecified atom stereocenters. The van der Waals surface area contributed by atoms with Gasteiger partial charge in [0, 0.05) is 10.7 Å². The van der Waals surface area contributed by atoms with Gasteiger partial charge in [0.2, 0.25) is 0 Å². The Labute approximate surface area is 110 Å². The third kappa shape index (κ3) is 2.64. The monoisotopic (exact) mass is 336 g/mol. The Kier molecular flexibility index (Phi) is 3.45. The van der Waals surface area contributed by atoms with Crippen molar-refractivity contribution in [1.82, 2.24) is 4.98 Å². The summed E-state index contributed by atoms with van der Waals surface area (Å²) in [5.41, 5.74) is -0.125. The molecule has 0 fully saturated rings.